The maximum atomic E-state index is 12.7. The van der Waals surface area contributed by atoms with E-state index in [0.29, 0.717) is 24.6 Å². The average molecular weight is 340 g/mol. The number of H-pyrrole nitrogens is 1. The number of aromatic hydroxyl groups is 1. The van der Waals surface area contributed by atoms with Gasteiger partial charge in [-0.3, -0.25) is 9.88 Å². The van der Waals surface area contributed by atoms with Gasteiger partial charge in [-0.05, 0) is 38.4 Å². The van der Waals surface area contributed by atoms with Crippen LogP contribution in [0.15, 0.2) is 18.3 Å². The summed E-state index contributed by atoms with van der Waals surface area (Å²) in [5.41, 5.74) is 0.593. The quantitative estimate of drug-likeness (QED) is 0.900. The molecule has 3 heterocycles. The number of imidazole rings is 1. The Kier molecular flexibility index (Phi) is 4.49. The van der Waals surface area contributed by atoms with Crippen molar-refractivity contribution >= 4 is 0 Å². The minimum absolute atomic E-state index is 0.0817. The average Bonchev–Trinajstić information content (AvgIpc) is 3.01. The van der Waals surface area contributed by atoms with E-state index in [4.69, 9.17) is 0 Å². The van der Waals surface area contributed by atoms with Gasteiger partial charge in [-0.1, -0.05) is 0 Å². The molecule has 2 aromatic rings. The Hall–Kier alpha value is -2.09. The Morgan fingerprint density at radius 1 is 1.38 bits per heavy atom. The second-order valence-electron chi connectivity index (χ2n) is 6.17. The SMILES string of the molecule is Cc1ccc(O)c(CN2CCC[C@H](c3ncc(C(F)(F)F)[nH]3)C2)n1. The molecule has 1 aliphatic heterocycles. The largest absolute Gasteiger partial charge is 0.506 e. The highest BCUT2D eigenvalue weighted by Gasteiger charge is 2.34. The van der Waals surface area contributed by atoms with Gasteiger partial charge in [0.25, 0.3) is 0 Å². The number of aryl methyl sites for hydroxylation is 1. The molecular formula is C16H19F3N4O. The number of aromatic amines is 1. The van der Waals surface area contributed by atoms with Crippen molar-refractivity contribution in [3.63, 3.8) is 0 Å². The van der Waals surface area contributed by atoms with E-state index in [1.807, 2.05) is 6.92 Å². The molecule has 8 heteroatoms. The van der Waals surface area contributed by atoms with Crippen molar-refractivity contribution in [1.82, 2.24) is 19.9 Å². The second-order valence-corrected chi connectivity index (χ2v) is 6.17. The third-order valence-corrected chi connectivity index (χ3v) is 4.26. The number of likely N-dealkylation sites (tertiary alicyclic amines) is 1. The maximum Gasteiger partial charge on any atom is 0.432 e. The van der Waals surface area contributed by atoms with Crippen LogP contribution in [0.1, 0.15) is 41.7 Å². The van der Waals surface area contributed by atoms with Crippen LogP contribution in [-0.2, 0) is 12.7 Å². The molecule has 130 valence electrons. The van der Waals surface area contributed by atoms with Crippen molar-refractivity contribution in [2.75, 3.05) is 13.1 Å². The lowest BCUT2D eigenvalue weighted by Crippen LogP contribution is -2.34. The van der Waals surface area contributed by atoms with Gasteiger partial charge in [-0.2, -0.15) is 13.2 Å². The van der Waals surface area contributed by atoms with Crippen molar-refractivity contribution in [2.45, 2.75) is 38.4 Å². The Balaban J connectivity index is 1.70. The molecular weight excluding hydrogens is 321 g/mol. The summed E-state index contributed by atoms with van der Waals surface area (Å²) in [6, 6.07) is 3.35. The fourth-order valence-corrected chi connectivity index (χ4v) is 3.04. The molecule has 2 N–H and O–H groups in total. The summed E-state index contributed by atoms with van der Waals surface area (Å²) in [6.45, 7) is 3.72. The molecule has 24 heavy (non-hydrogen) atoms. The molecule has 1 aliphatic rings. The van der Waals surface area contributed by atoms with E-state index < -0.39 is 11.9 Å². The van der Waals surface area contributed by atoms with Crippen LogP contribution in [0, 0.1) is 6.92 Å². The van der Waals surface area contributed by atoms with Crippen LogP contribution in [-0.4, -0.2) is 38.0 Å². The number of rotatable bonds is 3. The predicted octanol–water partition coefficient (Wildman–Crippen LogP) is 3.22. The number of hydrogen-bond acceptors (Lipinski definition) is 4. The lowest BCUT2D eigenvalue weighted by molar-refractivity contribution is -0.141. The van der Waals surface area contributed by atoms with Crippen LogP contribution < -0.4 is 0 Å². The Bertz CT molecular complexity index is 714. The number of hydrogen-bond donors (Lipinski definition) is 2. The lowest BCUT2D eigenvalue weighted by Gasteiger charge is -2.31. The zero-order chi connectivity index (χ0) is 17.3. The van der Waals surface area contributed by atoms with E-state index >= 15 is 0 Å². The Morgan fingerprint density at radius 3 is 2.88 bits per heavy atom. The van der Waals surface area contributed by atoms with Gasteiger partial charge in [0.15, 0.2) is 0 Å². The molecule has 0 aliphatic carbocycles. The summed E-state index contributed by atoms with van der Waals surface area (Å²) in [6.07, 6.45) is -1.91. The van der Waals surface area contributed by atoms with E-state index in [2.05, 4.69) is 19.9 Å². The van der Waals surface area contributed by atoms with E-state index in [1.54, 1.807) is 12.1 Å². The topological polar surface area (TPSA) is 65.0 Å². The van der Waals surface area contributed by atoms with E-state index in [0.717, 1.165) is 31.3 Å². The number of nitrogens with one attached hydrogen (secondary N) is 1. The van der Waals surface area contributed by atoms with Crippen LogP contribution in [0.3, 0.4) is 0 Å². The molecule has 0 amide bonds. The summed E-state index contributed by atoms with van der Waals surface area (Å²) in [4.78, 5) is 12.7. The monoisotopic (exact) mass is 340 g/mol. The van der Waals surface area contributed by atoms with Crippen molar-refractivity contribution in [3.05, 3.63) is 41.2 Å². The van der Waals surface area contributed by atoms with Gasteiger partial charge in [0.2, 0.25) is 0 Å². The van der Waals surface area contributed by atoms with Crippen LogP contribution in [0.25, 0.3) is 0 Å². The highest BCUT2D eigenvalue weighted by Crippen LogP contribution is 2.31. The molecule has 0 saturated carbocycles. The number of halogens is 3. The molecule has 0 aromatic carbocycles. The first-order valence-corrected chi connectivity index (χ1v) is 7.83. The third-order valence-electron chi connectivity index (χ3n) is 4.26. The van der Waals surface area contributed by atoms with Crippen LogP contribution >= 0.6 is 0 Å². The van der Waals surface area contributed by atoms with E-state index in [1.165, 1.54) is 0 Å². The second kappa shape index (κ2) is 6.43. The first-order chi connectivity index (χ1) is 11.3. The molecule has 0 radical (unpaired) electrons. The van der Waals surface area contributed by atoms with Crippen LogP contribution in [0.4, 0.5) is 13.2 Å². The molecule has 0 bridgehead atoms. The van der Waals surface area contributed by atoms with Gasteiger partial charge in [0.1, 0.15) is 17.3 Å². The first-order valence-electron chi connectivity index (χ1n) is 7.83. The zero-order valence-electron chi connectivity index (χ0n) is 13.3. The highest BCUT2D eigenvalue weighted by molar-refractivity contribution is 5.27. The smallest absolute Gasteiger partial charge is 0.432 e. The number of nitrogens with zero attached hydrogens (tertiary/aromatic N) is 3. The Labute approximate surface area is 137 Å². The van der Waals surface area contributed by atoms with E-state index in [-0.39, 0.29) is 11.7 Å². The van der Waals surface area contributed by atoms with Crippen molar-refractivity contribution < 1.29 is 18.3 Å². The van der Waals surface area contributed by atoms with Gasteiger partial charge in [0, 0.05) is 24.7 Å². The van der Waals surface area contributed by atoms with E-state index in [9.17, 15) is 18.3 Å². The van der Waals surface area contributed by atoms with Crippen LogP contribution in [0.2, 0.25) is 0 Å². The van der Waals surface area contributed by atoms with Gasteiger partial charge in [-0.25, -0.2) is 4.98 Å². The number of aromatic nitrogens is 3. The number of piperidine rings is 1. The summed E-state index contributed by atoms with van der Waals surface area (Å²) in [7, 11) is 0. The minimum atomic E-state index is -4.41. The molecule has 1 fully saturated rings. The summed E-state index contributed by atoms with van der Waals surface area (Å²) in [5, 5.41) is 9.91. The Morgan fingerprint density at radius 2 is 2.17 bits per heavy atom. The van der Waals surface area contributed by atoms with Gasteiger partial charge in [-0.15, -0.1) is 0 Å². The summed E-state index contributed by atoms with van der Waals surface area (Å²) in [5.74, 6) is 0.426. The fourth-order valence-electron chi connectivity index (χ4n) is 3.04. The van der Waals surface area contributed by atoms with Crippen molar-refractivity contribution in [3.8, 4) is 5.75 Å². The maximum absolute atomic E-state index is 12.7. The summed E-state index contributed by atoms with van der Waals surface area (Å²) < 4.78 is 38.1. The summed E-state index contributed by atoms with van der Waals surface area (Å²) >= 11 is 0. The lowest BCUT2D eigenvalue weighted by atomic mass is 9.97. The zero-order valence-corrected chi connectivity index (χ0v) is 13.3. The minimum Gasteiger partial charge on any atom is -0.506 e. The predicted molar refractivity (Wildman–Crippen MR) is 81.5 cm³/mol. The van der Waals surface area contributed by atoms with Gasteiger partial charge < -0.3 is 10.1 Å². The van der Waals surface area contributed by atoms with Gasteiger partial charge >= 0.3 is 6.18 Å². The first kappa shape index (κ1) is 16.8. The normalized spacial score (nSPS) is 19.6. The van der Waals surface area contributed by atoms with Crippen LogP contribution in [0.5, 0.6) is 5.75 Å². The highest BCUT2D eigenvalue weighted by atomic mass is 19.4. The molecule has 1 atom stereocenters. The molecule has 5 nitrogen and oxygen atoms in total. The number of pyridine rings is 1. The molecule has 2 aromatic heterocycles. The standard InChI is InChI=1S/C16H19F3N4O/c1-10-4-5-13(24)12(21-10)9-23-6-2-3-11(8-23)15-20-7-14(22-15)16(17,18)19/h4-5,7,11,24H,2-3,6,8-9H2,1H3,(H,20,22)/t11-/m0/s1. The van der Waals surface area contributed by atoms with Crippen molar-refractivity contribution in [2.24, 2.45) is 0 Å². The van der Waals surface area contributed by atoms with Gasteiger partial charge in [0.05, 0.1) is 11.9 Å². The fraction of sp³-hybridized carbons (Fsp3) is 0.500. The molecule has 3 rings (SSSR count). The molecule has 1 saturated heterocycles. The molecule has 0 unspecified atom stereocenters. The molecule has 0 spiro atoms. The third kappa shape index (κ3) is 3.69. The van der Waals surface area contributed by atoms with Crippen molar-refractivity contribution in [1.29, 1.82) is 0 Å². The number of alkyl halides is 3.